The summed E-state index contributed by atoms with van der Waals surface area (Å²) in [5.74, 6) is -1.59. The number of benzene rings is 2. The number of amidine groups is 1. The number of para-hydroxylation sites is 1. The van der Waals surface area contributed by atoms with Gasteiger partial charge < -0.3 is 5.32 Å². The van der Waals surface area contributed by atoms with Crippen molar-refractivity contribution in [2.24, 2.45) is 4.99 Å². The van der Waals surface area contributed by atoms with E-state index in [2.05, 4.69) is 10.3 Å². The Kier molecular flexibility index (Phi) is 5.85. The van der Waals surface area contributed by atoms with Crippen LogP contribution in [0.15, 0.2) is 53.5 Å². The summed E-state index contributed by atoms with van der Waals surface area (Å²) in [6, 6.07) is 11.4. The van der Waals surface area contributed by atoms with Crippen molar-refractivity contribution in [2.75, 3.05) is 11.9 Å². The third-order valence-electron chi connectivity index (χ3n) is 3.91. The van der Waals surface area contributed by atoms with Crippen LogP contribution in [-0.2, 0) is 9.59 Å². The van der Waals surface area contributed by atoms with Gasteiger partial charge in [-0.25, -0.2) is 13.8 Å². The average molecular weight is 389 g/mol. The molecule has 1 heterocycles. The van der Waals surface area contributed by atoms with E-state index in [9.17, 15) is 18.4 Å². The second-order valence-corrected chi connectivity index (χ2v) is 6.96. The lowest BCUT2D eigenvalue weighted by molar-refractivity contribution is -0.128. The van der Waals surface area contributed by atoms with E-state index in [1.807, 2.05) is 0 Å². The molecule has 0 aliphatic carbocycles. The number of hydrogen-bond donors (Lipinski definition) is 1. The lowest BCUT2D eigenvalue weighted by atomic mass is 10.2. The van der Waals surface area contributed by atoms with Crippen molar-refractivity contribution in [1.82, 2.24) is 4.90 Å². The Labute approximate surface area is 159 Å². The smallest absolute Gasteiger partial charge is 0.242 e. The number of nitrogens with one attached hydrogen (secondary N) is 1. The molecular formula is C19H17F2N3O2S. The van der Waals surface area contributed by atoms with Crippen LogP contribution in [0.3, 0.4) is 0 Å². The van der Waals surface area contributed by atoms with Gasteiger partial charge in [-0.15, -0.1) is 0 Å². The summed E-state index contributed by atoms with van der Waals surface area (Å²) < 4.78 is 26.7. The monoisotopic (exact) mass is 389 g/mol. The summed E-state index contributed by atoms with van der Waals surface area (Å²) in [7, 11) is 0. The van der Waals surface area contributed by atoms with Crippen LogP contribution in [0.5, 0.6) is 0 Å². The maximum atomic E-state index is 13.6. The van der Waals surface area contributed by atoms with E-state index >= 15 is 0 Å². The Morgan fingerprint density at radius 3 is 2.56 bits per heavy atom. The molecular weight excluding hydrogens is 372 g/mol. The van der Waals surface area contributed by atoms with Crippen molar-refractivity contribution in [3.8, 4) is 0 Å². The molecule has 1 aliphatic rings. The van der Waals surface area contributed by atoms with E-state index in [0.29, 0.717) is 17.4 Å². The van der Waals surface area contributed by atoms with Crippen LogP contribution in [0.4, 0.5) is 20.2 Å². The lowest BCUT2D eigenvalue weighted by Gasteiger charge is -2.13. The molecule has 0 spiro atoms. The van der Waals surface area contributed by atoms with Crippen molar-refractivity contribution in [2.45, 2.75) is 18.6 Å². The van der Waals surface area contributed by atoms with Gasteiger partial charge in [0, 0.05) is 13.0 Å². The largest absolute Gasteiger partial charge is 0.324 e. The Morgan fingerprint density at radius 1 is 1.19 bits per heavy atom. The number of halogens is 2. The van der Waals surface area contributed by atoms with Gasteiger partial charge in [0.15, 0.2) is 5.17 Å². The van der Waals surface area contributed by atoms with E-state index in [4.69, 9.17) is 0 Å². The number of aliphatic imine (C=N–C) groups is 1. The first-order valence-electron chi connectivity index (χ1n) is 8.34. The molecule has 1 fully saturated rings. The molecule has 2 amide bonds. The van der Waals surface area contributed by atoms with Crippen LogP contribution < -0.4 is 5.32 Å². The van der Waals surface area contributed by atoms with Crippen LogP contribution in [-0.4, -0.2) is 33.7 Å². The van der Waals surface area contributed by atoms with Crippen LogP contribution in [0.25, 0.3) is 0 Å². The van der Waals surface area contributed by atoms with Crippen LogP contribution in [0, 0.1) is 11.6 Å². The quantitative estimate of drug-likeness (QED) is 0.842. The van der Waals surface area contributed by atoms with Gasteiger partial charge in [0.25, 0.3) is 0 Å². The number of carbonyl (C=O) groups excluding carboxylic acids is 2. The molecule has 2 aromatic carbocycles. The van der Waals surface area contributed by atoms with E-state index in [1.54, 1.807) is 13.0 Å². The molecule has 8 heteroatoms. The normalized spacial score (nSPS) is 18.2. The van der Waals surface area contributed by atoms with E-state index in [0.717, 1.165) is 0 Å². The standard InChI is InChI=1S/C19H17F2N3O2S/c1-2-24-18(26)16(11-17(25)23-15-6-4-3-5-14(15)21)27-19(24)22-13-9-7-12(20)8-10-13/h3-10,16H,2,11H2,1H3,(H,23,25)/t16-/m1/s1. The predicted octanol–water partition coefficient (Wildman–Crippen LogP) is 3.95. The molecule has 140 valence electrons. The van der Waals surface area contributed by atoms with Gasteiger partial charge >= 0.3 is 0 Å². The Balaban J connectivity index is 1.71. The first-order chi connectivity index (χ1) is 13.0. The fourth-order valence-corrected chi connectivity index (χ4v) is 3.80. The number of rotatable bonds is 5. The summed E-state index contributed by atoms with van der Waals surface area (Å²) in [5, 5.41) is 2.30. The van der Waals surface area contributed by atoms with Crippen LogP contribution in [0.1, 0.15) is 13.3 Å². The zero-order valence-electron chi connectivity index (χ0n) is 14.5. The molecule has 5 nitrogen and oxygen atoms in total. The topological polar surface area (TPSA) is 61.8 Å². The molecule has 1 atom stereocenters. The summed E-state index contributed by atoms with van der Waals surface area (Å²) in [6.07, 6.45) is -0.100. The van der Waals surface area contributed by atoms with E-state index < -0.39 is 17.0 Å². The van der Waals surface area contributed by atoms with Gasteiger partial charge in [-0.1, -0.05) is 23.9 Å². The van der Waals surface area contributed by atoms with Crippen molar-refractivity contribution in [3.63, 3.8) is 0 Å². The fraction of sp³-hybridized carbons (Fsp3) is 0.211. The zero-order chi connectivity index (χ0) is 19.4. The van der Waals surface area contributed by atoms with E-state index in [-0.39, 0.29) is 23.8 Å². The number of carbonyl (C=O) groups is 2. The third-order valence-corrected chi connectivity index (χ3v) is 5.08. The van der Waals surface area contributed by atoms with Gasteiger partial charge in [0.2, 0.25) is 11.8 Å². The average Bonchev–Trinajstić information content (AvgIpc) is 2.93. The highest BCUT2D eigenvalue weighted by Gasteiger charge is 2.38. The van der Waals surface area contributed by atoms with E-state index in [1.165, 1.54) is 59.1 Å². The molecule has 0 saturated carbocycles. The van der Waals surface area contributed by atoms with Gasteiger partial charge in [0.1, 0.15) is 16.9 Å². The molecule has 1 aliphatic heterocycles. The molecule has 0 radical (unpaired) electrons. The highest BCUT2D eigenvalue weighted by molar-refractivity contribution is 8.15. The second kappa shape index (κ2) is 8.30. The lowest BCUT2D eigenvalue weighted by Crippen LogP contribution is -2.33. The Morgan fingerprint density at radius 2 is 1.89 bits per heavy atom. The maximum absolute atomic E-state index is 13.6. The van der Waals surface area contributed by atoms with Crippen LogP contribution >= 0.6 is 11.8 Å². The van der Waals surface area contributed by atoms with Gasteiger partial charge in [-0.3, -0.25) is 14.5 Å². The molecule has 27 heavy (non-hydrogen) atoms. The minimum atomic E-state index is -0.643. The summed E-state index contributed by atoms with van der Waals surface area (Å²) in [4.78, 5) is 30.6. The number of amides is 2. The Hall–Kier alpha value is -2.74. The van der Waals surface area contributed by atoms with Crippen molar-refractivity contribution < 1.29 is 18.4 Å². The molecule has 0 aromatic heterocycles. The predicted molar refractivity (Wildman–Crippen MR) is 102 cm³/mol. The molecule has 1 N–H and O–H groups in total. The highest BCUT2D eigenvalue weighted by Crippen LogP contribution is 2.31. The van der Waals surface area contributed by atoms with Crippen molar-refractivity contribution in [1.29, 1.82) is 0 Å². The fourth-order valence-electron chi connectivity index (χ4n) is 2.57. The molecule has 0 unspecified atom stereocenters. The molecule has 0 bridgehead atoms. The maximum Gasteiger partial charge on any atom is 0.242 e. The molecule has 2 aromatic rings. The van der Waals surface area contributed by atoms with Gasteiger partial charge in [0.05, 0.1) is 11.4 Å². The first-order valence-corrected chi connectivity index (χ1v) is 9.22. The summed E-state index contributed by atoms with van der Waals surface area (Å²) in [6.45, 7) is 2.21. The number of anilines is 1. The van der Waals surface area contributed by atoms with Crippen molar-refractivity contribution in [3.05, 3.63) is 60.2 Å². The first kappa shape index (κ1) is 19.0. The number of hydrogen-bond acceptors (Lipinski definition) is 4. The SMILES string of the molecule is CCN1C(=O)[C@@H](CC(=O)Nc2ccccc2F)SC1=Nc1ccc(F)cc1. The summed E-state index contributed by atoms with van der Waals surface area (Å²) >= 11 is 1.17. The third kappa shape index (κ3) is 4.51. The Bertz CT molecular complexity index is 887. The zero-order valence-corrected chi connectivity index (χ0v) is 15.3. The van der Waals surface area contributed by atoms with Crippen molar-refractivity contribution >= 4 is 40.1 Å². The minimum absolute atomic E-state index is 0.0745. The molecule has 1 saturated heterocycles. The van der Waals surface area contributed by atoms with Gasteiger partial charge in [-0.2, -0.15) is 0 Å². The van der Waals surface area contributed by atoms with Gasteiger partial charge in [-0.05, 0) is 43.3 Å². The minimum Gasteiger partial charge on any atom is -0.324 e. The molecule has 3 rings (SSSR count). The second-order valence-electron chi connectivity index (χ2n) is 5.79. The number of nitrogens with zero attached hydrogens (tertiary/aromatic N) is 2. The number of thioether (sulfide) groups is 1. The van der Waals surface area contributed by atoms with Crippen LogP contribution in [0.2, 0.25) is 0 Å². The summed E-state index contributed by atoms with van der Waals surface area (Å²) in [5.41, 5.74) is 0.590. The highest BCUT2D eigenvalue weighted by atomic mass is 32.2.